The summed E-state index contributed by atoms with van der Waals surface area (Å²) in [6.45, 7) is 0. The summed E-state index contributed by atoms with van der Waals surface area (Å²) in [6, 6.07) is 42.8. The molecule has 0 radical (unpaired) electrons. The number of hydrogen-bond donors (Lipinski definition) is 2. The molecule has 6 aromatic carbocycles. The highest BCUT2D eigenvalue weighted by molar-refractivity contribution is 6.12. The first-order valence-corrected chi connectivity index (χ1v) is 26.3. The van der Waals surface area contributed by atoms with Gasteiger partial charge in [-0.1, -0.05) is 123 Å². The second-order valence-corrected chi connectivity index (χ2v) is 19.9. The molecule has 10 rings (SSSR count). The first-order valence-electron chi connectivity index (χ1n) is 26.3. The molecule has 2 unspecified atom stereocenters. The van der Waals surface area contributed by atoms with Gasteiger partial charge in [0.1, 0.15) is 45.9 Å². The van der Waals surface area contributed by atoms with Crippen LogP contribution >= 0.6 is 0 Å². The Labute approximate surface area is 445 Å². The van der Waals surface area contributed by atoms with Gasteiger partial charge >= 0.3 is 11.3 Å². The number of methoxy groups -OCH3 is 2. The lowest BCUT2D eigenvalue weighted by molar-refractivity contribution is -0.124. The van der Waals surface area contributed by atoms with Gasteiger partial charge in [-0.3, -0.25) is 29.0 Å². The Hall–Kier alpha value is -8.78. The molecule has 0 bridgehead atoms. The molecule has 4 amide bonds. The number of benzene rings is 6. The Bertz CT molecular complexity index is 3290. The van der Waals surface area contributed by atoms with Crippen LogP contribution in [0.4, 0.5) is 11.4 Å². The molecule has 14 nitrogen and oxygen atoms in total. The maximum absolute atomic E-state index is 15.1. The summed E-state index contributed by atoms with van der Waals surface area (Å²) in [7, 11) is 3.10. The molecule has 0 aliphatic heterocycles. The quantitative estimate of drug-likeness (QED) is 0.0885. The predicted octanol–water partition coefficient (Wildman–Crippen LogP) is 11.2. The van der Waals surface area contributed by atoms with Crippen LogP contribution in [0.1, 0.15) is 119 Å². The molecule has 2 aromatic heterocycles. The molecule has 2 fully saturated rings. The summed E-state index contributed by atoms with van der Waals surface area (Å²) in [5, 5.41) is 7.58. The lowest BCUT2D eigenvalue weighted by atomic mass is 9.94. The van der Waals surface area contributed by atoms with Crippen molar-refractivity contribution in [1.29, 1.82) is 0 Å². The van der Waals surface area contributed by atoms with Crippen molar-refractivity contribution < 1.29 is 37.5 Å². The summed E-state index contributed by atoms with van der Waals surface area (Å²) in [4.78, 5) is 89.8. The summed E-state index contributed by atoms with van der Waals surface area (Å²) in [6.07, 6.45) is 9.74. The Morgan fingerprint density at radius 1 is 0.494 bits per heavy atom. The Balaban J connectivity index is 1.01. The average molecular weight is 1030 g/mol. The van der Waals surface area contributed by atoms with Crippen LogP contribution in [-0.2, 0) is 16.0 Å². The maximum atomic E-state index is 15.1. The number of ether oxygens (including phenoxy) is 2. The normalized spacial score (nSPS) is 14.8. The number of carbonyl (C=O) groups is 4. The van der Waals surface area contributed by atoms with E-state index >= 15 is 9.59 Å². The van der Waals surface area contributed by atoms with Gasteiger partial charge in [-0.15, -0.1) is 0 Å². The van der Waals surface area contributed by atoms with E-state index in [1.807, 2.05) is 24.3 Å². The van der Waals surface area contributed by atoms with Gasteiger partial charge in [-0.25, -0.2) is 9.59 Å². The van der Waals surface area contributed by atoms with Crippen LogP contribution in [-0.4, -0.2) is 49.9 Å². The van der Waals surface area contributed by atoms with Gasteiger partial charge in [0.2, 0.25) is 11.8 Å². The molecule has 2 N–H and O–H groups in total. The average Bonchev–Trinajstić information content (AvgIpc) is 3.48. The molecule has 2 atom stereocenters. The van der Waals surface area contributed by atoms with Crippen LogP contribution in [0.25, 0.3) is 21.9 Å². The summed E-state index contributed by atoms with van der Waals surface area (Å²) in [5.74, 6) is -1.07. The van der Waals surface area contributed by atoms with Crippen LogP contribution in [0.5, 0.6) is 11.5 Å². The standard InChI is InChI=1S/C63H60N4O10/c1-74-50-33-25-42(26-34-50)56(58(68)64-46-15-5-3-6-16-46)66(60(70)52-38-44-13-9-11-19-54(44)76-62(52)72)48-29-21-40(22-30-48)37-41-23-31-49(32-24-41)67(61(71)53-39-45-14-10-12-20-55(45)77-63(53)73)57(43-27-35-51(75-2)36-28-43)59(69)65-47-17-7-4-8-18-47/h9-14,19-36,38-39,46-47,56-57H,3-8,15-18,37H2,1-2H3,(H,64,68)(H,65,69). The SMILES string of the molecule is COc1ccc(C(C(=O)NC2CCCCC2)N(C(=O)c2cc3ccccc3oc2=O)c2ccc(Cc3ccc(N(C(=O)c4cc5ccccc5oc4=O)C(C(=O)NC4CCCCC4)c4ccc(OC)cc4)cc3)cc2)cc1. The number of rotatable bonds is 16. The highest BCUT2D eigenvalue weighted by Crippen LogP contribution is 2.35. The van der Waals surface area contributed by atoms with E-state index in [9.17, 15) is 19.2 Å². The third kappa shape index (κ3) is 11.6. The molecule has 2 aliphatic rings. The van der Waals surface area contributed by atoms with E-state index in [0.29, 0.717) is 62.4 Å². The molecular formula is C63H60N4O10. The molecule has 77 heavy (non-hydrogen) atoms. The Morgan fingerprint density at radius 3 is 1.22 bits per heavy atom. The monoisotopic (exact) mass is 1030 g/mol. The van der Waals surface area contributed by atoms with Crippen molar-refractivity contribution in [2.45, 2.75) is 94.8 Å². The first kappa shape index (κ1) is 51.7. The molecule has 2 heterocycles. The summed E-state index contributed by atoms with van der Waals surface area (Å²) < 4.78 is 22.2. The van der Waals surface area contributed by atoms with E-state index in [0.717, 1.165) is 75.3 Å². The minimum Gasteiger partial charge on any atom is -0.497 e. The third-order valence-corrected chi connectivity index (χ3v) is 14.8. The topological polar surface area (TPSA) is 178 Å². The second kappa shape index (κ2) is 23.4. The third-order valence-electron chi connectivity index (χ3n) is 14.8. The van der Waals surface area contributed by atoms with Crippen LogP contribution in [0.2, 0.25) is 0 Å². The Morgan fingerprint density at radius 2 is 0.857 bits per heavy atom. The number of hydrogen-bond acceptors (Lipinski definition) is 10. The molecule has 0 spiro atoms. The van der Waals surface area contributed by atoms with Gasteiger partial charge < -0.3 is 28.9 Å². The van der Waals surface area contributed by atoms with Crippen molar-refractivity contribution in [1.82, 2.24) is 10.6 Å². The van der Waals surface area contributed by atoms with E-state index < -0.39 is 35.1 Å². The van der Waals surface area contributed by atoms with Gasteiger partial charge in [0.15, 0.2) is 0 Å². The molecular weight excluding hydrogens is 973 g/mol. The van der Waals surface area contributed by atoms with E-state index in [4.69, 9.17) is 18.3 Å². The van der Waals surface area contributed by atoms with Gasteiger partial charge in [0.25, 0.3) is 11.8 Å². The zero-order valence-electron chi connectivity index (χ0n) is 43.1. The number of fused-ring (bicyclic) bond motifs is 2. The highest BCUT2D eigenvalue weighted by atomic mass is 16.5. The highest BCUT2D eigenvalue weighted by Gasteiger charge is 2.38. The van der Waals surface area contributed by atoms with Crippen molar-refractivity contribution >= 4 is 56.9 Å². The van der Waals surface area contributed by atoms with Gasteiger partial charge in [-0.05, 0) is 127 Å². The number of amides is 4. The molecule has 14 heteroatoms. The molecule has 8 aromatic rings. The lowest BCUT2D eigenvalue weighted by Crippen LogP contribution is -2.48. The Kier molecular flexibility index (Phi) is 15.7. The van der Waals surface area contributed by atoms with E-state index in [-0.39, 0.29) is 35.0 Å². The van der Waals surface area contributed by atoms with Crippen LogP contribution in [0, 0.1) is 0 Å². The van der Waals surface area contributed by atoms with E-state index in [2.05, 4.69) is 10.6 Å². The summed E-state index contributed by atoms with van der Waals surface area (Å²) >= 11 is 0. The smallest absolute Gasteiger partial charge is 0.349 e. The maximum Gasteiger partial charge on any atom is 0.349 e. The number of para-hydroxylation sites is 2. The van der Waals surface area contributed by atoms with Crippen molar-refractivity contribution in [3.63, 3.8) is 0 Å². The van der Waals surface area contributed by atoms with E-state index in [1.165, 1.54) is 21.9 Å². The number of anilines is 2. The summed E-state index contributed by atoms with van der Waals surface area (Å²) in [5.41, 5.74) is 1.97. The number of carbonyl (C=O) groups excluding carboxylic acids is 4. The number of nitrogens with one attached hydrogen (secondary N) is 2. The van der Waals surface area contributed by atoms with Crippen molar-refractivity contribution in [2.75, 3.05) is 24.0 Å². The van der Waals surface area contributed by atoms with Gasteiger partial charge in [0.05, 0.1) is 14.2 Å². The van der Waals surface area contributed by atoms with Crippen molar-refractivity contribution in [3.8, 4) is 11.5 Å². The minimum atomic E-state index is -1.20. The first-order chi connectivity index (χ1) is 37.5. The fourth-order valence-corrected chi connectivity index (χ4v) is 10.7. The minimum absolute atomic E-state index is 0.0796. The zero-order chi connectivity index (χ0) is 53.4. The van der Waals surface area contributed by atoms with Crippen LogP contribution in [0.15, 0.2) is 176 Å². The van der Waals surface area contributed by atoms with Gasteiger partial charge in [-0.2, -0.15) is 0 Å². The molecule has 2 aliphatic carbocycles. The van der Waals surface area contributed by atoms with Gasteiger partial charge in [0, 0.05) is 34.2 Å². The van der Waals surface area contributed by atoms with Crippen molar-refractivity contribution in [2.24, 2.45) is 0 Å². The predicted molar refractivity (Wildman–Crippen MR) is 296 cm³/mol. The molecule has 0 saturated heterocycles. The van der Waals surface area contributed by atoms with E-state index in [1.54, 1.807) is 136 Å². The second-order valence-electron chi connectivity index (χ2n) is 19.9. The lowest BCUT2D eigenvalue weighted by Gasteiger charge is -2.33. The van der Waals surface area contributed by atoms with Crippen LogP contribution < -0.4 is 41.2 Å². The van der Waals surface area contributed by atoms with Crippen molar-refractivity contribution in [3.05, 3.63) is 212 Å². The molecule has 392 valence electrons. The zero-order valence-corrected chi connectivity index (χ0v) is 43.1. The fraction of sp³-hybridized carbons (Fsp3) is 0.270. The fourth-order valence-electron chi connectivity index (χ4n) is 10.7. The largest absolute Gasteiger partial charge is 0.497 e. The van der Waals surface area contributed by atoms with Crippen LogP contribution in [0.3, 0.4) is 0 Å². The molecule has 2 saturated carbocycles. The number of nitrogens with zero attached hydrogens (tertiary/aromatic N) is 2.